The molecule has 0 unspecified atom stereocenters. The number of fused-ring (bicyclic) bond motifs is 3. The molecule has 8 heteroatoms. The third kappa shape index (κ3) is 3.48. The first kappa shape index (κ1) is 20.1. The van der Waals surface area contributed by atoms with Gasteiger partial charge in [0.15, 0.2) is 0 Å². The first-order valence-corrected chi connectivity index (χ1v) is 9.52. The molecule has 0 bridgehead atoms. The van der Waals surface area contributed by atoms with E-state index in [4.69, 9.17) is 15.2 Å². The summed E-state index contributed by atoms with van der Waals surface area (Å²) < 4.78 is 10.2. The summed E-state index contributed by atoms with van der Waals surface area (Å²) in [5, 5.41) is 10.7. The molecule has 0 aromatic heterocycles. The maximum Gasteiger partial charge on any atom is 0.513 e. The van der Waals surface area contributed by atoms with E-state index in [-0.39, 0.29) is 24.5 Å². The summed E-state index contributed by atoms with van der Waals surface area (Å²) in [4.78, 5) is 34.9. The first-order chi connectivity index (χ1) is 14.9. The van der Waals surface area contributed by atoms with E-state index in [0.717, 1.165) is 22.3 Å². The lowest BCUT2D eigenvalue weighted by molar-refractivity contribution is -0.384. The van der Waals surface area contributed by atoms with Crippen LogP contribution in [0.25, 0.3) is 11.1 Å². The Morgan fingerprint density at radius 1 is 0.903 bits per heavy atom. The Balaban J connectivity index is 1.51. The number of carbonyl (C=O) groups excluding carboxylic acids is 2. The molecular formula is C23H18N2O6. The average Bonchev–Trinajstić information content (AvgIpc) is 3.05. The zero-order valence-electron chi connectivity index (χ0n) is 16.3. The summed E-state index contributed by atoms with van der Waals surface area (Å²) in [5.74, 6) is -0.422. The Hall–Kier alpha value is -4.20. The van der Waals surface area contributed by atoms with Gasteiger partial charge >= 0.3 is 6.16 Å². The van der Waals surface area contributed by atoms with Crippen molar-refractivity contribution in [1.82, 2.24) is 0 Å². The number of ether oxygens (including phenoxy) is 2. The Morgan fingerprint density at radius 3 is 1.97 bits per heavy atom. The summed E-state index contributed by atoms with van der Waals surface area (Å²) in [6.07, 6.45) is -0.834. The molecule has 0 spiro atoms. The van der Waals surface area contributed by atoms with Crippen molar-refractivity contribution in [3.8, 4) is 16.9 Å². The number of rotatable bonds is 6. The van der Waals surface area contributed by atoms with Crippen LogP contribution in [0.15, 0.2) is 72.8 Å². The second-order valence-electron chi connectivity index (χ2n) is 7.06. The van der Waals surface area contributed by atoms with E-state index in [1.54, 1.807) is 0 Å². The zero-order chi connectivity index (χ0) is 22.0. The number of hydrogen-bond donors (Lipinski definition) is 1. The number of amides is 1. The third-order valence-electron chi connectivity index (χ3n) is 5.43. The fraction of sp³-hybridized carbons (Fsp3) is 0.130. The van der Waals surface area contributed by atoms with Crippen LogP contribution >= 0.6 is 0 Å². The van der Waals surface area contributed by atoms with E-state index in [1.165, 1.54) is 24.3 Å². The number of non-ortho nitro benzene ring substituents is 1. The van der Waals surface area contributed by atoms with Crippen molar-refractivity contribution in [3.63, 3.8) is 0 Å². The van der Waals surface area contributed by atoms with Gasteiger partial charge in [0.25, 0.3) is 5.69 Å². The SMILES string of the molecule is NC(=O)C1(CCOC(=O)Oc2ccc([N+](=O)[O-])cc2)c2ccccc2-c2ccccc21. The van der Waals surface area contributed by atoms with Crippen molar-refractivity contribution in [2.45, 2.75) is 11.8 Å². The summed E-state index contributed by atoms with van der Waals surface area (Å²) in [5.41, 5.74) is 8.02. The molecule has 0 saturated heterocycles. The van der Waals surface area contributed by atoms with Gasteiger partial charge in [-0.05, 0) is 34.4 Å². The van der Waals surface area contributed by atoms with Crippen LogP contribution in [0.3, 0.4) is 0 Å². The maximum absolute atomic E-state index is 12.7. The molecule has 0 atom stereocenters. The van der Waals surface area contributed by atoms with Crippen LogP contribution < -0.4 is 10.5 Å². The quantitative estimate of drug-likeness (QED) is 0.280. The second-order valence-corrected chi connectivity index (χ2v) is 7.06. The van der Waals surface area contributed by atoms with Crippen molar-refractivity contribution in [2.75, 3.05) is 6.61 Å². The molecule has 2 N–H and O–H groups in total. The standard InChI is InChI=1S/C23H18N2O6/c24-21(26)23(19-7-3-1-5-17(19)18-6-2-4-8-20(18)23)13-14-30-22(27)31-16-11-9-15(10-12-16)25(28)29/h1-12H,13-14H2,(H2,24,26). The topological polar surface area (TPSA) is 122 Å². The van der Waals surface area contributed by atoms with Crippen LogP contribution in [-0.2, 0) is 14.9 Å². The Kier molecular flexibility index (Phi) is 5.12. The molecule has 156 valence electrons. The number of hydrogen-bond acceptors (Lipinski definition) is 6. The van der Waals surface area contributed by atoms with Gasteiger partial charge < -0.3 is 15.2 Å². The first-order valence-electron chi connectivity index (χ1n) is 9.52. The maximum atomic E-state index is 12.7. The highest BCUT2D eigenvalue weighted by molar-refractivity contribution is 5.99. The smallest absolute Gasteiger partial charge is 0.434 e. The van der Waals surface area contributed by atoms with Gasteiger partial charge in [-0.3, -0.25) is 14.9 Å². The minimum absolute atomic E-state index is 0.108. The molecule has 0 fully saturated rings. The average molecular weight is 418 g/mol. The van der Waals surface area contributed by atoms with E-state index in [0.29, 0.717) is 0 Å². The number of nitro groups is 1. The highest BCUT2D eigenvalue weighted by Gasteiger charge is 2.47. The lowest BCUT2D eigenvalue weighted by Gasteiger charge is -2.28. The summed E-state index contributed by atoms with van der Waals surface area (Å²) in [6.45, 7) is -0.114. The van der Waals surface area contributed by atoms with Gasteiger partial charge in [0, 0.05) is 18.6 Å². The molecular weight excluding hydrogens is 400 g/mol. The fourth-order valence-corrected chi connectivity index (χ4v) is 4.03. The molecule has 31 heavy (non-hydrogen) atoms. The van der Waals surface area contributed by atoms with Crippen LogP contribution in [-0.4, -0.2) is 23.6 Å². The normalized spacial score (nSPS) is 13.0. The van der Waals surface area contributed by atoms with Gasteiger partial charge in [0.05, 0.1) is 11.5 Å². The van der Waals surface area contributed by atoms with Crippen LogP contribution in [0.1, 0.15) is 17.5 Å². The molecule has 3 aromatic rings. The predicted molar refractivity (Wildman–Crippen MR) is 112 cm³/mol. The van der Waals surface area contributed by atoms with Crippen molar-refractivity contribution in [3.05, 3.63) is 94.0 Å². The molecule has 1 aliphatic carbocycles. The minimum Gasteiger partial charge on any atom is -0.434 e. The number of carbonyl (C=O) groups is 2. The number of primary amides is 1. The highest BCUT2D eigenvalue weighted by atomic mass is 16.7. The van der Waals surface area contributed by atoms with Gasteiger partial charge in [-0.2, -0.15) is 0 Å². The molecule has 3 aromatic carbocycles. The zero-order valence-corrected chi connectivity index (χ0v) is 16.3. The molecule has 0 radical (unpaired) electrons. The number of nitrogens with two attached hydrogens (primary N) is 1. The number of nitrogens with zero attached hydrogens (tertiary/aromatic N) is 1. The van der Waals surface area contributed by atoms with Crippen molar-refractivity contribution < 1.29 is 24.0 Å². The van der Waals surface area contributed by atoms with Crippen LogP contribution in [0.2, 0.25) is 0 Å². The van der Waals surface area contributed by atoms with E-state index < -0.39 is 22.4 Å². The van der Waals surface area contributed by atoms with E-state index >= 15 is 0 Å². The monoisotopic (exact) mass is 418 g/mol. The molecule has 0 saturated carbocycles. The third-order valence-corrected chi connectivity index (χ3v) is 5.43. The Labute approximate surface area is 177 Å². The lowest BCUT2D eigenvalue weighted by Crippen LogP contribution is -2.42. The Bertz CT molecular complexity index is 1130. The lowest BCUT2D eigenvalue weighted by atomic mass is 9.75. The van der Waals surface area contributed by atoms with E-state index in [2.05, 4.69) is 0 Å². The summed E-state index contributed by atoms with van der Waals surface area (Å²) >= 11 is 0. The highest BCUT2D eigenvalue weighted by Crippen LogP contribution is 2.50. The van der Waals surface area contributed by atoms with Crippen molar-refractivity contribution in [2.24, 2.45) is 5.73 Å². The molecule has 0 aliphatic heterocycles. The fourth-order valence-electron chi connectivity index (χ4n) is 4.03. The molecule has 8 nitrogen and oxygen atoms in total. The van der Waals surface area contributed by atoms with Crippen molar-refractivity contribution in [1.29, 1.82) is 0 Å². The van der Waals surface area contributed by atoms with Gasteiger partial charge in [-0.25, -0.2) is 4.79 Å². The van der Waals surface area contributed by atoms with E-state index in [1.807, 2.05) is 48.5 Å². The summed E-state index contributed by atoms with van der Waals surface area (Å²) in [6, 6.07) is 20.1. The molecule has 4 rings (SSSR count). The van der Waals surface area contributed by atoms with Crippen LogP contribution in [0.4, 0.5) is 10.5 Å². The van der Waals surface area contributed by atoms with Gasteiger partial charge in [-0.1, -0.05) is 48.5 Å². The predicted octanol–water partition coefficient (Wildman–Crippen LogP) is 3.95. The number of nitro benzene ring substituents is 1. The Morgan fingerprint density at radius 2 is 1.45 bits per heavy atom. The number of benzene rings is 3. The molecule has 1 amide bonds. The largest absolute Gasteiger partial charge is 0.513 e. The summed E-state index contributed by atoms with van der Waals surface area (Å²) in [7, 11) is 0. The second kappa shape index (κ2) is 7.91. The van der Waals surface area contributed by atoms with Gasteiger partial charge in [-0.15, -0.1) is 0 Å². The van der Waals surface area contributed by atoms with Gasteiger partial charge in [0.2, 0.25) is 5.91 Å². The van der Waals surface area contributed by atoms with Crippen molar-refractivity contribution >= 4 is 17.7 Å². The minimum atomic E-state index is -1.12. The van der Waals surface area contributed by atoms with Crippen LogP contribution in [0.5, 0.6) is 5.75 Å². The van der Waals surface area contributed by atoms with E-state index in [9.17, 15) is 19.7 Å². The van der Waals surface area contributed by atoms with Crippen LogP contribution in [0, 0.1) is 10.1 Å². The van der Waals surface area contributed by atoms with Gasteiger partial charge in [0.1, 0.15) is 11.2 Å². The molecule has 1 aliphatic rings. The molecule has 0 heterocycles.